The highest BCUT2D eigenvalue weighted by Gasteiger charge is 2.12. The first kappa shape index (κ1) is 14.8. The van der Waals surface area contributed by atoms with Crippen molar-refractivity contribution in [3.05, 3.63) is 46.9 Å². The van der Waals surface area contributed by atoms with Crippen molar-refractivity contribution >= 4 is 43.0 Å². The molecule has 0 aromatic heterocycles. The smallest absolute Gasteiger partial charge is 0.240 e. The van der Waals surface area contributed by atoms with Gasteiger partial charge in [-0.15, -0.1) is 0 Å². The van der Waals surface area contributed by atoms with E-state index in [-0.39, 0.29) is 4.90 Å². The molecular weight excluding hydrogens is 342 g/mol. The Balaban J connectivity index is 2.31. The monoisotopic (exact) mass is 355 g/mol. The van der Waals surface area contributed by atoms with E-state index in [4.69, 9.17) is 5.73 Å². The van der Waals surface area contributed by atoms with Gasteiger partial charge in [0.2, 0.25) is 10.0 Å². The van der Waals surface area contributed by atoms with Gasteiger partial charge in [0, 0.05) is 10.2 Å². The number of hydrogen-bond acceptors (Lipinski definition) is 4. The molecule has 2 aromatic rings. The van der Waals surface area contributed by atoms with Crippen LogP contribution in [0.3, 0.4) is 0 Å². The number of benzene rings is 2. The molecule has 5 nitrogen and oxygen atoms in total. The molecule has 0 saturated heterocycles. The second-order valence-electron chi connectivity index (χ2n) is 4.09. The van der Waals surface area contributed by atoms with E-state index >= 15 is 0 Å². The molecule has 0 saturated carbocycles. The molecular formula is C13H14BrN3O2S. The lowest BCUT2D eigenvalue weighted by Gasteiger charge is -2.11. The summed E-state index contributed by atoms with van der Waals surface area (Å²) in [5.41, 5.74) is 7.76. The van der Waals surface area contributed by atoms with Crippen LogP contribution < -0.4 is 15.8 Å². The van der Waals surface area contributed by atoms with E-state index in [0.717, 1.165) is 10.2 Å². The Bertz CT molecular complexity index is 732. The standard InChI is InChI=1S/C13H14BrN3O2S/c1-16-20(18,19)11-5-6-13(12(15)8-11)17-10-4-2-3-9(14)7-10/h2-8,16-17H,15H2,1H3. The van der Waals surface area contributed by atoms with Crippen LogP contribution in [-0.4, -0.2) is 15.5 Å². The minimum atomic E-state index is -3.48. The molecule has 2 aromatic carbocycles. The van der Waals surface area contributed by atoms with Gasteiger partial charge in [-0.05, 0) is 43.4 Å². The van der Waals surface area contributed by atoms with Gasteiger partial charge >= 0.3 is 0 Å². The molecule has 0 bridgehead atoms. The molecule has 0 aliphatic heterocycles. The lowest BCUT2D eigenvalue weighted by Crippen LogP contribution is -2.18. The summed E-state index contributed by atoms with van der Waals surface area (Å²) in [5, 5.41) is 3.14. The summed E-state index contributed by atoms with van der Waals surface area (Å²) in [6, 6.07) is 12.2. The summed E-state index contributed by atoms with van der Waals surface area (Å²) in [5.74, 6) is 0. The summed E-state index contributed by atoms with van der Waals surface area (Å²) in [4.78, 5) is 0.136. The quantitative estimate of drug-likeness (QED) is 0.736. The Morgan fingerprint density at radius 1 is 1.15 bits per heavy atom. The Morgan fingerprint density at radius 3 is 2.50 bits per heavy atom. The van der Waals surface area contributed by atoms with Crippen LogP contribution in [0.4, 0.5) is 17.1 Å². The van der Waals surface area contributed by atoms with E-state index in [2.05, 4.69) is 26.0 Å². The second kappa shape index (κ2) is 5.82. The van der Waals surface area contributed by atoms with Crippen LogP contribution in [0, 0.1) is 0 Å². The fourth-order valence-electron chi connectivity index (χ4n) is 1.66. The van der Waals surface area contributed by atoms with Crippen molar-refractivity contribution < 1.29 is 8.42 Å². The lowest BCUT2D eigenvalue weighted by atomic mass is 10.2. The topological polar surface area (TPSA) is 84.2 Å². The van der Waals surface area contributed by atoms with Crippen LogP contribution in [0.5, 0.6) is 0 Å². The molecule has 0 aliphatic carbocycles. The molecule has 0 amide bonds. The van der Waals surface area contributed by atoms with Gasteiger partial charge in [0.05, 0.1) is 16.3 Å². The van der Waals surface area contributed by atoms with Crippen LogP contribution in [0.15, 0.2) is 51.8 Å². The average molecular weight is 356 g/mol. The molecule has 0 unspecified atom stereocenters. The number of hydrogen-bond donors (Lipinski definition) is 3. The highest BCUT2D eigenvalue weighted by Crippen LogP contribution is 2.27. The fraction of sp³-hybridized carbons (Fsp3) is 0.0769. The second-order valence-corrected chi connectivity index (χ2v) is 6.89. The van der Waals surface area contributed by atoms with Gasteiger partial charge in [-0.1, -0.05) is 22.0 Å². The van der Waals surface area contributed by atoms with Gasteiger partial charge in [0.1, 0.15) is 0 Å². The van der Waals surface area contributed by atoms with E-state index in [1.807, 2.05) is 24.3 Å². The Labute approximate surface area is 126 Å². The lowest BCUT2D eigenvalue weighted by molar-refractivity contribution is 0.588. The average Bonchev–Trinajstić information content (AvgIpc) is 2.41. The highest BCUT2D eigenvalue weighted by atomic mass is 79.9. The Kier molecular flexibility index (Phi) is 4.32. The molecule has 0 atom stereocenters. The fourth-order valence-corrected chi connectivity index (χ4v) is 2.83. The van der Waals surface area contributed by atoms with Crippen molar-refractivity contribution in [2.45, 2.75) is 4.90 Å². The molecule has 7 heteroatoms. The number of anilines is 3. The first-order chi connectivity index (χ1) is 9.42. The largest absolute Gasteiger partial charge is 0.397 e. The number of nitrogens with one attached hydrogen (secondary N) is 2. The molecule has 0 fully saturated rings. The normalized spacial score (nSPS) is 11.3. The van der Waals surface area contributed by atoms with E-state index in [9.17, 15) is 8.42 Å². The predicted molar refractivity (Wildman–Crippen MR) is 84.5 cm³/mol. The van der Waals surface area contributed by atoms with Crippen LogP contribution >= 0.6 is 15.9 Å². The number of rotatable bonds is 4. The van der Waals surface area contributed by atoms with Crippen molar-refractivity contribution in [3.63, 3.8) is 0 Å². The molecule has 20 heavy (non-hydrogen) atoms. The van der Waals surface area contributed by atoms with Crippen LogP contribution in [0.25, 0.3) is 0 Å². The molecule has 0 heterocycles. The van der Waals surface area contributed by atoms with Gasteiger partial charge in [-0.3, -0.25) is 0 Å². The van der Waals surface area contributed by atoms with E-state index in [1.165, 1.54) is 19.2 Å². The Morgan fingerprint density at radius 2 is 1.90 bits per heavy atom. The number of halogens is 1. The first-order valence-corrected chi connectivity index (χ1v) is 8.05. The molecule has 106 valence electrons. The molecule has 4 N–H and O–H groups in total. The highest BCUT2D eigenvalue weighted by molar-refractivity contribution is 9.10. The van der Waals surface area contributed by atoms with Crippen molar-refractivity contribution in [1.29, 1.82) is 0 Å². The molecule has 0 spiro atoms. The number of sulfonamides is 1. The van der Waals surface area contributed by atoms with Gasteiger partial charge in [0.15, 0.2) is 0 Å². The number of nitrogens with two attached hydrogens (primary N) is 1. The predicted octanol–water partition coefficient (Wildman–Crippen LogP) is 2.68. The van der Waals surface area contributed by atoms with E-state index < -0.39 is 10.0 Å². The zero-order valence-corrected chi connectivity index (χ0v) is 13.1. The van der Waals surface area contributed by atoms with Crippen LogP contribution in [0.1, 0.15) is 0 Å². The van der Waals surface area contributed by atoms with Crippen molar-refractivity contribution in [1.82, 2.24) is 4.72 Å². The molecule has 2 rings (SSSR count). The third-order valence-corrected chi connectivity index (χ3v) is 4.61. The summed E-state index contributed by atoms with van der Waals surface area (Å²) in [6.45, 7) is 0. The summed E-state index contributed by atoms with van der Waals surface area (Å²) in [6.07, 6.45) is 0. The van der Waals surface area contributed by atoms with E-state index in [1.54, 1.807) is 6.07 Å². The van der Waals surface area contributed by atoms with Gasteiger partial charge in [-0.25, -0.2) is 13.1 Å². The Hall–Kier alpha value is -1.57. The summed E-state index contributed by atoms with van der Waals surface area (Å²) < 4.78 is 26.5. The third-order valence-electron chi connectivity index (χ3n) is 2.71. The zero-order chi connectivity index (χ0) is 14.8. The van der Waals surface area contributed by atoms with Crippen molar-refractivity contribution in [2.24, 2.45) is 0 Å². The maximum absolute atomic E-state index is 11.7. The van der Waals surface area contributed by atoms with Gasteiger partial charge in [-0.2, -0.15) is 0 Å². The maximum Gasteiger partial charge on any atom is 0.240 e. The summed E-state index contributed by atoms with van der Waals surface area (Å²) >= 11 is 3.38. The van der Waals surface area contributed by atoms with Gasteiger partial charge < -0.3 is 11.1 Å². The SMILES string of the molecule is CNS(=O)(=O)c1ccc(Nc2cccc(Br)c2)c(N)c1. The van der Waals surface area contributed by atoms with Gasteiger partial charge in [0.25, 0.3) is 0 Å². The van der Waals surface area contributed by atoms with Crippen LogP contribution in [-0.2, 0) is 10.0 Å². The first-order valence-electron chi connectivity index (χ1n) is 5.78. The minimum absolute atomic E-state index is 0.136. The van der Waals surface area contributed by atoms with E-state index in [0.29, 0.717) is 11.4 Å². The van der Waals surface area contributed by atoms with Crippen molar-refractivity contribution in [2.75, 3.05) is 18.1 Å². The molecule has 0 radical (unpaired) electrons. The van der Waals surface area contributed by atoms with Crippen molar-refractivity contribution in [3.8, 4) is 0 Å². The zero-order valence-electron chi connectivity index (χ0n) is 10.7. The van der Waals surface area contributed by atoms with Crippen LogP contribution in [0.2, 0.25) is 0 Å². The molecule has 0 aliphatic rings. The third kappa shape index (κ3) is 3.30. The maximum atomic E-state index is 11.7. The number of nitrogen functional groups attached to an aromatic ring is 1. The summed E-state index contributed by atoms with van der Waals surface area (Å²) in [7, 11) is -2.12. The minimum Gasteiger partial charge on any atom is -0.397 e.